The number of rotatable bonds is 4. The molecule has 4 rings (SSSR count). The van der Waals surface area contributed by atoms with Crippen LogP contribution in [-0.4, -0.2) is 56.2 Å². The molecular weight excluding hydrogens is 358 g/mol. The second-order valence-electron chi connectivity index (χ2n) is 8.18. The fourth-order valence-electron chi connectivity index (χ4n) is 4.25. The van der Waals surface area contributed by atoms with E-state index in [1.807, 2.05) is 18.7 Å². The van der Waals surface area contributed by atoms with E-state index in [1.54, 1.807) is 18.6 Å². The average Bonchev–Trinajstić information content (AvgIpc) is 3.17. The normalized spacial score (nSPS) is 22.0. The molecule has 2 aliphatic heterocycles. The zero-order chi connectivity index (χ0) is 19.6. The Morgan fingerprint density at radius 2 is 2.14 bits per heavy atom. The van der Waals surface area contributed by atoms with Gasteiger partial charge in [-0.1, -0.05) is 19.0 Å². The van der Waals surface area contributed by atoms with Gasteiger partial charge in [0.05, 0.1) is 11.8 Å². The van der Waals surface area contributed by atoms with E-state index >= 15 is 0 Å². The van der Waals surface area contributed by atoms with Gasteiger partial charge in [0.15, 0.2) is 0 Å². The van der Waals surface area contributed by atoms with Crippen molar-refractivity contribution in [2.24, 2.45) is 11.8 Å². The van der Waals surface area contributed by atoms with Crippen LogP contribution in [0, 0.1) is 11.8 Å². The minimum absolute atomic E-state index is 0.0510. The van der Waals surface area contributed by atoms with Crippen LogP contribution < -0.4 is 0 Å². The molecule has 1 atom stereocenters. The Balaban J connectivity index is 1.36. The van der Waals surface area contributed by atoms with Crippen molar-refractivity contribution < 1.29 is 14.1 Å². The number of likely N-dealkylation sites (tertiary alicyclic amines) is 1. The van der Waals surface area contributed by atoms with E-state index < -0.39 is 0 Å². The third-order valence-electron chi connectivity index (χ3n) is 5.80. The van der Waals surface area contributed by atoms with E-state index in [9.17, 15) is 4.79 Å². The highest BCUT2D eigenvalue weighted by atomic mass is 16.5. The predicted octanol–water partition coefficient (Wildman–Crippen LogP) is 2.51. The maximum absolute atomic E-state index is 12.2. The lowest BCUT2D eigenvalue weighted by Gasteiger charge is -2.46. The molecule has 2 aromatic heterocycles. The van der Waals surface area contributed by atoms with Crippen molar-refractivity contribution in [3.63, 3.8) is 0 Å². The van der Waals surface area contributed by atoms with Crippen molar-refractivity contribution >= 4 is 5.91 Å². The molecule has 1 amide bonds. The van der Waals surface area contributed by atoms with E-state index in [2.05, 4.69) is 20.1 Å². The first-order valence-electron chi connectivity index (χ1n) is 10.1. The molecule has 1 spiro atoms. The summed E-state index contributed by atoms with van der Waals surface area (Å²) in [7, 11) is 0. The molecule has 1 unspecified atom stereocenters. The summed E-state index contributed by atoms with van der Waals surface area (Å²) in [4.78, 5) is 27.0. The standard InChI is InChI=1S/C20H27N5O3/c1-14(2)19(26)25-8-4-20(5-9-25)12-15(3-10-27-20)11-17-23-18(24-28-17)16-13-21-6-7-22-16/h6-7,13-15H,3-5,8-12H2,1-2H3. The van der Waals surface area contributed by atoms with Gasteiger partial charge in [0.25, 0.3) is 0 Å². The van der Waals surface area contributed by atoms with Crippen LogP contribution in [0.5, 0.6) is 0 Å². The molecule has 8 heteroatoms. The van der Waals surface area contributed by atoms with Gasteiger partial charge in [-0.2, -0.15) is 4.98 Å². The molecule has 2 fully saturated rings. The number of hydrogen-bond acceptors (Lipinski definition) is 7. The summed E-state index contributed by atoms with van der Waals surface area (Å²) in [6.07, 6.45) is 9.36. The lowest BCUT2D eigenvalue weighted by atomic mass is 9.78. The van der Waals surface area contributed by atoms with Gasteiger partial charge < -0.3 is 14.2 Å². The Bertz CT molecular complexity index is 799. The zero-order valence-electron chi connectivity index (χ0n) is 16.5. The topological polar surface area (TPSA) is 94.2 Å². The van der Waals surface area contributed by atoms with E-state index in [4.69, 9.17) is 9.26 Å². The van der Waals surface area contributed by atoms with Gasteiger partial charge in [0.2, 0.25) is 17.6 Å². The first-order valence-corrected chi connectivity index (χ1v) is 10.1. The van der Waals surface area contributed by atoms with Crippen LogP contribution in [0.3, 0.4) is 0 Å². The quantitative estimate of drug-likeness (QED) is 0.798. The van der Waals surface area contributed by atoms with E-state index in [0.717, 1.165) is 51.8 Å². The molecule has 2 saturated heterocycles. The highest BCUT2D eigenvalue weighted by Crippen LogP contribution is 2.39. The van der Waals surface area contributed by atoms with E-state index in [-0.39, 0.29) is 17.4 Å². The number of aromatic nitrogens is 4. The van der Waals surface area contributed by atoms with Gasteiger partial charge in [-0.05, 0) is 31.6 Å². The molecule has 150 valence electrons. The molecule has 28 heavy (non-hydrogen) atoms. The molecule has 0 aliphatic carbocycles. The van der Waals surface area contributed by atoms with Crippen LogP contribution in [0.25, 0.3) is 11.5 Å². The molecular formula is C20H27N5O3. The van der Waals surface area contributed by atoms with Crippen molar-refractivity contribution in [2.75, 3.05) is 19.7 Å². The largest absolute Gasteiger partial charge is 0.375 e. The Labute approximate surface area is 164 Å². The first kappa shape index (κ1) is 19.0. The van der Waals surface area contributed by atoms with Crippen LogP contribution in [-0.2, 0) is 16.0 Å². The van der Waals surface area contributed by atoms with Crippen LogP contribution in [0.15, 0.2) is 23.1 Å². The summed E-state index contributed by atoms with van der Waals surface area (Å²) >= 11 is 0. The summed E-state index contributed by atoms with van der Waals surface area (Å²) < 4.78 is 11.7. The van der Waals surface area contributed by atoms with Crippen LogP contribution in [0.2, 0.25) is 0 Å². The first-order chi connectivity index (χ1) is 13.5. The molecule has 2 aliphatic rings. The maximum Gasteiger partial charge on any atom is 0.227 e. The third kappa shape index (κ3) is 4.06. The summed E-state index contributed by atoms with van der Waals surface area (Å²) in [5, 5.41) is 4.04. The Morgan fingerprint density at radius 1 is 1.32 bits per heavy atom. The van der Waals surface area contributed by atoms with Crippen LogP contribution in [0.4, 0.5) is 0 Å². The van der Waals surface area contributed by atoms with Crippen molar-refractivity contribution in [1.29, 1.82) is 0 Å². The lowest BCUT2D eigenvalue weighted by molar-refractivity contribution is -0.149. The fraction of sp³-hybridized carbons (Fsp3) is 0.650. The summed E-state index contributed by atoms with van der Waals surface area (Å²) in [6, 6.07) is 0. The Hall–Kier alpha value is -2.35. The third-order valence-corrected chi connectivity index (χ3v) is 5.80. The molecule has 0 N–H and O–H groups in total. The molecule has 0 bridgehead atoms. The monoisotopic (exact) mass is 385 g/mol. The Kier molecular flexibility index (Phi) is 5.39. The number of carbonyl (C=O) groups is 1. The number of carbonyl (C=O) groups excluding carboxylic acids is 1. The van der Waals surface area contributed by atoms with Crippen molar-refractivity contribution in [2.45, 2.75) is 51.6 Å². The molecule has 0 aromatic carbocycles. The minimum Gasteiger partial charge on any atom is -0.375 e. The number of amides is 1. The molecule has 0 saturated carbocycles. The van der Waals surface area contributed by atoms with E-state index in [0.29, 0.717) is 23.3 Å². The predicted molar refractivity (Wildman–Crippen MR) is 101 cm³/mol. The smallest absolute Gasteiger partial charge is 0.227 e. The van der Waals surface area contributed by atoms with Gasteiger partial charge in [0, 0.05) is 44.4 Å². The van der Waals surface area contributed by atoms with Crippen LogP contribution >= 0.6 is 0 Å². The second-order valence-corrected chi connectivity index (χ2v) is 8.18. The van der Waals surface area contributed by atoms with Crippen molar-refractivity contribution in [3.05, 3.63) is 24.5 Å². The fourth-order valence-corrected chi connectivity index (χ4v) is 4.25. The Morgan fingerprint density at radius 3 is 2.86 bits per heavy atom. The number of hydrogen-bond donors (Lipinski definition) is 0. The van der Waals surface area contributed by atoms with Crippen LogP contribution in [0.1, 0.15) is 45.4 Å². The summed E-state index contributed by atoms with van der Waals surface area (Å²) in [6.45, 7) is 6.22. The number of piperidine rings is 1. The average molecular weight is 385 g/mol. The highest BCUT2D eigenvalue weighted by Gasteiger charge is 2.41. The van der Waals surface area contributed by atoms with Gasteiger partial charge in [-0.25, -0.2) is 4.98 Å². The van der Waals surface area contributed by atoms with Crippen molar-refractivity contribution in [3.8, 4) is 11.5 Å². The number of nitrogens with zero attached hydrogens (tertiary/aromatic N) is 5. The molecule has 2 aromatic rings. The SMILES string of the molecule is CC(C)C(=O)N1CCC2(CC1)CC(Cc1nc(-c3cnccn3)no1)CCO2. The highest BCUT2D eigenvalue weighted by molar-refractivity contribution is 5.78. The maximum atomic E-state index is 12.2. The minimum atomic E-state index is -0.121. The van der Waals surface area contributed by atoms with Gasteiger partial charge in [-0.3, -0.25) is 9.78 Å². The number of ether oxygens (including phenoxy) is 1. The summed E-state index contributed by atoms with van der Waals surface area (Å²) in [5.74, 6) is 1.84. The van der Waals surface area contributed by atoms with E-state index in [1.165, 1.54) is 0 Å². The van der Waals surface area contributed by atoms with Gasteiger partial charge in [-0.15, -0.1) is 0 Å². The molecule has 0 radical (unpaired) electrons. The summed E-state index contributed by atoms with van der Waals surface area (Å²) in [5.41, 5.74) is 0.493. The molecule has 8 nitrogen and oxygen atoms in total. The van der Waals surface area contributed by atoms with Gasteiger partial charge in [0.1, 0.15) is 5.69 Å². The zero-order valence-corrected chi connectivity index (χ0v) is 16.5. The molecule has 4 heterocycles. The van der Waals surface area contributed by atoms with Gasteiger partial charge >= 0.3 is 0 Å². The lowest BCUT2D eigenvalue weighted by Crippen LogP contribution is -2.51. The van der Waals surface area contributed by atoms with Crippen molar-refractivity contribution in [1.82, 2.24) is 25.0 Å². The second kappa shape index (κ2) is 7.95.